The van der Waals surface area contributed by atoms with Gasteiger partial charge >= 0.3 is 0 Å². The zero-order valence-corrected chi connectivity index (χ0v) is 6.41. The summed E-state index contributed by atoms with van der Waals surface area (Å²) >= 11 is 0. The summed E-state index contributed by atoms with van der Waals surface area (Å²) < 4.78 is 10.7. The molecule has 0 aromatic heterocycles. The van der Waals surface area contributed by atoms with Crippen LogP contribution in [0.2, 0.25) is 0 Å². The first-order chi connectivity index (χ1) is 5.36. The topological polar surface area (TPSA) is 18.5 Å². The van der Waals surface area contributed by atoms with Crippen molar-refractivity contribution in [3.8, 4) is 5.75 Å². The highest BCUT2D eigenvalue weighted by Gasteiger charge is 2.14. The zero-order valence-electron chi connectivity index (χ0n) is 6.41. The molecule has 2 heteroatoms. The molecule has 0 N–H and O–H groups in total. The van der Waals surface area contributed by atoms with E-state index in [9.17, 15) is 0 Å². The maximum absolute atomic E-state index is 5.41. The molecule has 0 radical (unpaired) electrons. The second-order valence-electron chi connectivity index (χ2n) is 2.60. The second-order valence-corrected chi connectivity index (χ2v) is 2.60. The van der Waals surface area contributed by atoms with Crippen LogP contribution in [0.1, 0.15) is 12.5 Å². The van der Waals surface area contributed by atoms with Gasteiger partial charge in [0.25, 0.3) is 0 Å². The third kappa shape index (κ3) is 1.21. The van der Waals surface area contributed by atoms with Gasteiger partial charge in [-0.2, -0.15) is 0 Å². The Morgan fingerprint density at radius 3 is 3.09 bits per heavy atom. The first kappa shape index (κ1) is 6.68. The van der Waals surface area contributed by atoms with Crippen LogP contribution in [0.25, 0.3) is 0 Å². The van der Waals surface area contributed by atoms with E-state index in [-0.39, 0.29) is 6.29 Å². The highest BCUT2D eigenvalue weighted by Crippen LogP contribution is 2.24. The van der Waals surface area contributed by atoms with Crippen molar-refractivity contribution >= 4 is 0 Å². The lowest BCUT2D eigenvalue weighted by atomic mass is 10.2. The molecule has 1 unspecified atom stereocenters. The number of ether oxygens (including phenoxy) is 2. The SMILES string of the molecule is CC1OCc2ccccc2O1. The van der Waals surface area contributed by atoms with Crippen molar-refractivity contribution in [2.24, 2.45) is 0 Å². The summed E-state index contributed by atoms with van der Waals surface area (Å²) in [6.07, 6.45) is -0.107. The van der Waals surface area contributed by atoms with Gasteiger partial charge in [0.2, 0.25) is 0 Å². The first-order valence-corrected chi connectivity index (χ1v) is 3.72. The Hall–Kier alpha value is -1.02. The van der Waals surface area contributed by atoms with E-state index in [0.717, 1.165) is 11.3 Å². The summed E-state index contributed by atoms with van der Waals surface area (Å²) in [5, 5.41) is 0. The summed E-state index contributed by atoms with van der Waals surface area (Å²) in [5.41, 5.74) is 1.13. The molecule has 58 valence electrons. The monoisotopic (exact) mass is 150 g/mol. The summed E-state index contributed by atoms with van der Waals surface area (Å²) in [5.74, 6) is 0.950. The summed E-state index contributed by atoms with van der Waals surface area (Å²) in [6, 6.07) is 7.94. The van der Waals surface area contributed by atoms with Gasteiger partial charge in [0.1, 0.15) is 5.75 Å². The number of para-hydroxylation sites is 1. The van der Waals surface area contributed by atoms with Gasteiger partial charge in [0.05, 0.1) is 6.61 Å². The standard InChI is InChI=1S/C9H10O2/c1-7-10-6-8-4-2-3-5-9(8)11-7/h2-5,7H,6H2,1H3. The molecule has 2 rings (SSSR count). The van der Waals surface area contributed by atoms with Gasteiger partial charge < -0.3 is 9.47 Å². The molecule has 1 heterocycles. The fourth-order valence-electron chi connectivity index (χ4n) is 1.16. The van der Waals surface area contributed by atoms with Crippen molar-refractivity contribution in [1.82, 2.24) is 0 Å². The molecule has 0 aliphatic carbocycles. The van der Waals surface area contributed by atoms with E-state index < -0.39 is 0 Å². The van der Waals surface area contributed by atoms with E-state index in [0.29, 0.717) is 6.61 Å². The molecular weight excluding hydrogens is 140 g/mol. The minimum absolute atomic E-state index is 0.107. The van der Waals surface area contributed by atoms with Crippen LogP contribution >= 0.6 is 0 Å². The molecule has 0 amide bonds. The minimum Gasteiger partial charge on any atom is -0.465 e. The van der Waals surface area contributed by atoms with Crippen LogP contribution in [0.4, 0.5) is 0 Å². The number of rotatable bonds is 0. The molecule has 0 bridgehead atoms. The van der Waals surface area contributed by atoms with E-state index in [4.69, 9.17) is 9.47 Å². The summed E-state index contributed by atoms with van der Waals surface area (Å²) in [7, 11) is 0. The second kappa shape index (κ2) is 2.55. The highest BCUT2D eigenvalue weighted by atomic mass is 16.7. The Bertz CT molecular complexity index is 257. The number of hydrogen-bond acceptors (Lipinski definition) is 2. The van der Waals surface area contributed by atoms with Gasteiger partial charge in [-0.25, -0.2) is 0 Å². The van der Waals surface area contributed by atoms with Crippen LogP contribution in [-0.4, -0.2) is 6.29 Å². The summed E-state index contributed by atoms with van der Waals surface area (Å²) in [6.45, 7) is 2.56. The number of hydrogen-bond donors (Lipinski definition) is 0. The van der Waals surface area contributed by atoms with E-state index in [1.165, 1.54) is 0 Å². The molecule has 1 aromatic carbocycles. The van der Waals surface area contributed by atoms with Crippen LogP contribution < -0.4 is 4.74 Å². The van der Waals surface area contributed by atoms with Crippen LogP contribution in [0.5, 0.6) is 5.75 Å². The van der Waals surface area contributed by atoms with E-state index in [1.807, 2.05) is 31.2 Å². The summed E-state index contributed by atoms with van der Waals surface area (Å²) in [4.78, 5) is 0. The predicted octanol–water partition coefficient (Wildman–Crippen LogP) is 1.94. The highest BCUT2D eigenvalue weighted by molar-refractivity contribution is 5.33. The average molecular weight is 150 g/mol. The van der Waals surface area contributed by atoms with Gasteiger partial charge in [0.15, 0.2) is 6.29 Å². The zero-order chi connectivity index (χ0) is 7.68. The van der Waals surface area contributed by atoms with Crippen LogP contribution in [0.15, 0.2) is 24.3 Å². The molecule has 1 aromatic rings. The molecule has 0 fully saturated rings. The van der Waals surface area contributed by atoms with Gasteiger partial charge in [-0.15, -0.1) is 0 Å². The van der Waals surface area contributed by atoms with Gasteiger partial charge in [-0.3, -0.25) is 0 Å². The Kier molecular flexibility index (Phi) is 1.55. The molecule has 1 aliphatic heterocycles. The van der Waals surface area contributed by atoms with E-state index in [2.05, 4.69) is 0 Å². The number of benzene rings is 1. The molecule has 0 spiro atoms. The van der Waals surface area contributed by atoms with Crippen molar-refractivity contribution in [3.05, 3.63) is 29.8 Å². The predicted molar refractivity (Wildman–Crippen MR) is 41.3 cm³/mol. The molecule has 1 aliphatic rings. The van der Waals surface area contributed by atoms with Crippen LogP contribution in [0, 0.1) is 0 Å². The fraction of sp³-hybridized carbons (Fsp3) is 0.333. The van der Waals surface area contributed by atoms with Crippen molar-refractivity contribution in [3.63, 3.8) is 0 Å². The van der Waals surface area contributed by atoms with Gasteiger partial charge in [0, 0.05) is 5.56 Å². The van der Waals surface area contributed by atoms with E-state index in [1.54, 1.807) is 0 Å². The minimum atomic E-state index is -0.107. The largest absolute Gasteiger partial charge is 0.465 e. The van der Waals surface area contributed by atoms with Gasteiger partial charge in [-0.1, -0.05) is 18.2 Å². The molecule has 11 heavy (non-hydrogen) atoms. The Balaban J connectivity index is 2.34. The van der Waals surface area contributed by atoms with Gasteiger partial charge in [-0.05, 0) is 13.0 Å². The normalized spacial score (nSPS) is 22.1. The lowest BCUT2D eigenvalue weighted by molar-refractivity contribution is -0.0943. The maximum Gasteiger partial charge on any atom is 0.197 e. The first-order valence-electron chi connectivity index (χ1n) is 3.72. The lowest BCUT2D eigenvalue weighted by Gasteiger charge is -2.23. The average Bonchev–Trinajstić information content (AvgIpc) is 2.04. The quantitative estimate of drug-likeness (QED) is 0.562. The molecule has 2 nitrogen and oxygen atoms in total. The Labute approximate surface area is 65.7 Å². The van der Waals surface area contributed by atoms with Crippen molar-refractivity contribution in [2.75, 3.05) is 0 Å². The molecular formula is C9H10O2. The molecule has 0 saturated heterocycles. The third-order valence-electron chi connectivity index (χ3n) is 1.74. The number of fused-ring (bicyclic) bond motifs is 1. The lowest BCUT2D eigenvalue weighted by Crippen LogP contribution is -2.21. The van der Waals surface area contributed by atoms with Crippen molar-refractivity contribution < 1.29 is 9.47 Å². The van der Waals surface area contributed by atoms with E-state index >= 15 is 0 Å². The Morgan fingerprint density at radius 2 is 2.18 bits per heavy atom. The third-order valence-corrected chi connectivity index (χ3v) is 1.74. The Morgan fingerprint density at radius 1 is 1.36 bits per heavy atom. The fourth-order valence-corrected chi connectivity index (χ4v) is 1.16. The molecule has 1 atom stereocenters. The van der Waals surface area contributed by atoms with Crippen molar-refractivity contribution in [1.29, 1.82) is 0 Å². The van der Waals surface area contributed by atoms with Crippen LogP contribution in [0.3, 0.4) is 0 Å². The van der Waals surface area contributed by atoms with Crippen LogP contribution in [-0.2, 0) is 11.3 Å². The smallest absolute Gasteiger partial charge is 0.197 e. The maximum atomic E-state index is 5.41. The van der Waals surface area contributed by atoms with Crippen molar-refractivity contribution in [2.45, 2.75) is 19.8 Å². The molecule has 0 saturated carbocycles.